The summed E-state index contributed by atoms with van der Waals surface area (Å²) in [6, 6.07) is 7.20. The summed E-state index contributed by atoms with van der Waals surface area (Å²) in [5.74, 6) is -0.0827. The maximum absolute atomic E-state index is 13.0. The van der Waals surface area contributed by atoms with Crippen LogP contribution in [0.3, 0.4) is 0 Å². The van der Waals surface area contributed by atoms with E-state index in [-0.39, 0.29) is 5.83 Å². The van der Waals surface area contributed by atoms with E-state index in [9.17, 15) is 9.18 Å². The Morgan fingerprint density at radius 1 is 1.27 bits per heavy atom. The Bertz CT molecular complexity index is 383. The van der Waals surface area contributed by atoms with Crippen molar-refractivity contribution in [2.45, 2.75) is 6.42 Å². The Morgan fingerprint density at radius 2 is 2.00 bits per heavy atom. The summed E-state index contributed by atoms with van der Waals surface area (Å²) < 4.78 is 13.0. The molecule has 0 radical (unpaired) electrons. The molecule has 0 amide bonds. The van der Waals surface area contributed by atoms with Crippen molar-refractivity contribution in [3.8, 4) is 0 Å². The highest BCUT2D eigenvalue weighted by Gasteiger charge is 2.12. The lowest BCUT2D eigenvalue weighted by Crippen LogP contribution is -2.28. The lowest BCUT2D eigenvalue weighted by molar-refractivity contribution is 0.112. The number of carbonyl (C=O) groups is 1. The summed E-state index contributed by atoms with van der Waals surface area (Å²) in [7, 11) is 0. The van der Waals surface area contributed by atoms with E-state index in [4.69, 9.17) is 0 Å². The maximum atomic E-state index is 13.0. The minimum Gasteiger partial charge on any atom is -0.365 e. The third kappa shape index (κ3) is 2.24. The normalized spacial score (nSPS) is 16.1. The molecule has 1 heterocycles. The quantitative estimate of drug-likeness (QED) is 0.691. The number of hydrogen-bond acceptors (Lipinski definition) is 2. The molecule has 0 spiro atoms. The van der Waals surface area contributed by atoms with E-state index >= 15 is 0 Å². The average Bonchev–Trinajstić information content (AvgIpc) is 2.29. The van der Waals surface area contributed by atoms with E-state index in [0.29, 0.717) is 12.1 Å². The molecule has 0 bridgehead atoms. The van der Waals surface area contributed by atoms with Gasteiger partial charge >= 0.3 is 0 Å². The van der Waals surface area contributed by atoms with Crippen LogP contribution < -0.4 is 4.90 Å². The Labute approximate surface area is 88.0 Å². The first-order valence-electron chi connectivity index (χ1n) is 4.94. The van der Waals surface area contributed by atoms with Crippen molar-refractivity contribution in [1.82, 2.24) is 0 Å². The van der Waals surface area contributed by atoms with Crippen molar-refractivity contribution in [3.63, 3.8) is 0 Å². The van der Waals surface area contributed by atoms with Gasteiger partial charge in [0.15, 0.2) is 0 Å². The first kappa shape index (κ1) is 9.90. The number of carbonyl (C=O) groups excluding carboxylic acids is 1. The fourth-order valence-corrected chi connectivity index (χ4v) is 1.69. The van der Waals surface area contributed by atoms with Crippen LogP contribution in [0.25, 0.3) is 0 Å². The number of halogens is 1. The fourth-order valence-electron chi connectivity index (χ4n) is 1.69. The topological polar surface area (TPSA) is 20.3 Å². The molecule has 3 heteroatoms. The lowest BCUT2D eigenvalue weighted by Gasteiger charge is -2.26. The molecule has 1 aromatic carbocycles. The number of nitrogens with zero attached hydrogens (tertiary/aromatic N) is 1. The molecule has 0 aromatic heterocycles. The van der Waals surface area contributed by atoms with Gasteiger partial charge in [-0.2, -0.15) is 0 Å². The van der Waals surface area contributed by atoms with Gasteiger partial charge in [0.2, 0.25) is 0 Å². The predicted molar refractivity (Wildman–Crippen MR) is 57.9 cm³/mol. The van der Waals surface area contributed by atoms with Gasteiger partial charge in [0.25, 0.3) is 0 Å². The van der Waals surface area contributed by atoms with Crippen LogP contribution in [0.4, 0.5) is 10.1 Å². The third-order valence-corrected chi connectivity index (χ3v) is 2.50. The van der Waals surface area contributed by atoms with E-state index in [0.717, 1.165) is 24.9 Å². The maximum Gasteiger partial charge on any atom is 0.150 e. The molecule has 78 valence electrons. The molecular weight excluding hydrogens is 193 g/mol. The molecule has 0 saturated heterocycles. The summed E-state index contributed by atoms with van der Waals surface area (Å²) in [5.41, 5.74) is 1.61. The molecule has 1 aliphatic heterocycles. The van der Waals surface area contributed by atoms with Gasteiger partial charge in [0.1, 0.15) is 12.1 Å². The number of rotatable bonds is 2. The number of benzene rings is 1. The van der Waals surface area contributed by atoms with E-state index in [1.807, 2.05) is 17.0 Å². The predicted octanol–water partition coefficient (Wildman–Crippen LogP) is 2.56. The van der Waals surface area contributed by atoms with Crippen LogP contribution in [-0.2, 0) is 0 Å². The molecule has 1 aliphatic rings. The number of hydrogen-bond donors (Lipinski definition) is 0. The van der Waals surface area contributed by atoms with Gasteiger partial charge in [-0.3, -0.25) is 4.79 Å². The van der Waals surface area contributed by atoms with Gasteiger partial charge in [0.05, 0.1) is 6.54 Å². The van der Waals surface area contributed by atoms with Crippen molar-refractivity contribution < 1.29 is 9.18 Å². The van der Waals surface area contributed by atoms with Crippen molar-refractivity contribution in [1.29, 1.82) is 0 Å². The Hall–Kier alpha value is -1.64. The first-order valence-corrected chi connectivity index (χ1v) is 4.94. The van der Waals surface area contributed by atoms with E-state index in [2.05, 4.69) is 0 Å². The first-order chi connectivity index (χ1) is 7.29. The summed E-state index contributed by atoms with van der Waals surface area (Å²) in [5, 5.41) is 0. The number of anilines is 1. The lowest BCUT2D eigenvalue weighted by atomic mass is 10.1. The van der Waals surface area contributed by atoms with Gasteiger partial charge in [-0.05, 0) is 36.8 Å². The van der Waals surface area contributed by atoms with Crippen LogP contribution in [0.15, 0.2) is 36.2 Å². The molecule has 15 heavy (non-hydrogen) atoms. The van der Waals surface area contributed by atoms with Crippen LogP contribution >= 0.6 is 0 Å². The molecule has 0 unspecified atom stereocenters. The summed E-state index contributed by atoms with van der Waals surface area (Å²) in [4.78, 5) is 12.4. The highest BCUT2D eigenvalue weighted by molar-refractivity contribution is 5.75. The van der Waals surface area contributed by atoms with Crippen molar-refractivity contribution in [3.05, 3.63) is 41.7 Å². The van der Waals surface area contributed by atoms with Gasteiger partial charge in [-0.1, -0.05) is 0 Å². The average molecular weight is 205 g/mol. The minimum atomic E-state index is -0.0827. The second-order valence-electron chi connectivity index (χ2n) is 3.57. The molecular formula is C12H12FNO. The van der Waals surface area contributed by atoms with Gasteiger partial charge < -0.3 is 4.90 Å². The molecule has 0 fully saturated rings. The molecule has 0 N–H and O–H groups in total. The van der Waals surface area contributed by atoms with Crippen LogP contribution in [-0.4, -0.2) is 19.4 Å². The van der Waals surface area contributed by atoms with Gasteiger partial charge in [-0.25, -0.2) is 4.39 Å². The second-order valence-corrected chi connectivity index (χ2v) is 3.57. The fraction of sp³-hybridized carbons (Fsp3) is 0.250. The Kier molecular flexibility index (Phi) is 2.81. The van der Waals surface area contributed by atoms with E-state index in [1.54, 1.807) is 18.2 Å². The Balaban J connectivity index is 2.15. The van der Waals surface area contributed by atoms with Crippen molar-refractivity contribution in [2.24, 2.45) is 0 Å². The third-order valence-electron chi connectivity index (χ3n) is 2.50. The molecule has 0 atom stereocenters. The smallest absolute Gasteiger partial charge is 0.150 e. The van der Waals surface area contributed by atoms with E-state index < -0.39 is 0 Å². The largest absolute Gasteiger partial charge is 0.365 e. The number of aldehydes is 1. The van der Waals surface area contributed by atoms with Gasteiger partial charge in [0, 0.05) is 17.8 Å². The Morgan fingerprint density at radius 3 is 2.60 bits per heavy atom. The molecule has 2 nitrogen and oxygen atoms in total. The van der Waals surface area contributed by atoms with Gasteiger partial charge in [-0.15, -0.1) is 0 Å². The summed E-state index contributed by atoms with van der Waals surface area (Å²) >= 11 is 0. The van der Waals surface area contributed by atoms with Crippen molar-refractivity contribution >= 4 is 12.0 Å². The molecule has 2 rings (SSSR count). The monoisotopic (exact) mass is 205 g/mol. The molecule has 0 saturated carbocycles. The molecule has 1 aromatic rings. The van der Waals surface area contributed by atoms with Crippen LogP contribution in [0.1, 0.15) is 16.8 Å². The SMILES string of the molecule is O=Cc1ccc(N2CCC=C(F)C2)cc1. The zero-order valence-corrected chi connectivity index (χ0v) is 8.32. The van der Waals surface area contributed by atoms with Crippen LogP contribution in [0.5, 0.6) is 0 Å². The minimum absolute atomic E-state index is 0.0827. The zero-order valence-electron chi connectivity index (χ0n) is 8.32. The standard InChI is InChI=1S/C12H12FNO/c13-11-2-1-7-14(8-11)12-5-3-10(9-15)4-6-12/h2-6,9H,1,7-8H2. The zero-order chi connectivity index (χ0) is 10.7. The van der Waals surface area contributed by atoms with E-state index in [1.165, 1.54) is 0 Å². The highest BCUT2D eigenvalue weighted by atomic mass is 19.1. The van der Waals surface area contributed by atoms with Crippen LogP contribution in [0, 0.1) is 0 Å². The van der Waals surface area contributed by atoms with Crippen molar-refractivity contribution in [2.75, 3.05) is 18.0 Å². The molecule has 0 aliphatic carbocycles. The second kappa shape index (κ2) is 4.26. The van der Waals surface area contributed by atoms with Crippen LogP contribution in [0.2, 0.25) is 0 Å². The highest BCUT2D eigenvalue weighted by Crippen LogP contribution is 2.20. The summed E-state index contributed by atoms with van der Waals surface area (Å²) in [6.45, 7) is 1.16. The summed E-state index contributed by atoms with van der Waals surface area (Å²) in [6.07, 6.45) is 3.16.